The molecule has 0 aliphatic heterocycles. The molecule has 0 bridgehead atoms. The predicted octanol–water partition coefficient (Wildman–Crippen LogP) is 5.85. The lowest BCUT2D eigenvalue weighted by atomic mass is 9.81. The summed E-state index contributed by atoms with van der Waals surface area (Å²) < 4.78 is 6.92. The number of nitrogens with zero attached hydrogens (tertiary/aromatic N) is 1. The number of hydrogen-bond acceptors (Lipinski definition) is 4. The van der Waals surface area contributed by atoms with Crippen molar-refractivity contribution in [2.45, 2.75) is 51.0 Å². The molecule has 1 aromatic heterocycles. The van der Waals surface area contributed by atoms with Crippen molar-refractivity contribution in [3.05, 3.63) is 52.5 Å². The van der Waals surface area contributed by atoms with Crippen molar-refractivity contribution < 1.29 is 19.4 Å². The Hall–Kier alpha value is -2.99. The monoisotopic (exact) mass is 454 g/mol. The van der Waals surface area contributed by atoms with Gasteiger partial charge in [-0.05, 0) is 54.7 Å². The molecule has 0 saturated heterocycles. The maximum absolute atomic E-state index is 12.2. The van der Waals surface area contributed by atoms with Gasteiger partial charge in [0.05, 0.1) is 24.8 Å². The number of aryl methyl sites for hydroxylation is 1. The van der Waals surface area contributed by atoms with Gasteiger partial charge in [0.2, 0.25) is 0 Å². The second kappa shape index (κ2) is 9.25. The maximum Gasteiger partial charge on any atom is 0.337 e. The van der Waals surface area contributed by atoms with Gasteiger partial charge in [-0.2, -0.15) is 0 Å². The summed E-state index contributed by atoms with van der Waals surface area (Å²) in [6.45, 7) is 0.264. The molecule has 0 spiro atoms. The van der Waals surface area contributed by atoms with Crippen molar-refractivity contribution >= 4 is 40.1 Å². The summed E-state index contributed by atoms with van der Waals surface area (Å²) in [4.78, 5) is 23.7. The van der Waals surface area contributed by atoms with E-state index >= 15 is 0 Å². The lowest BCUT2D eigenvalue weighted by Crippen LogP contribution is -2.10. The van der Waals surface area contributed by atoms with E-state index in [2.05, 4.69) is 0 Å². The van der Waals surface area contributed by atoms with Crippen LogP contribution in [0.1, 0.15) is 60.4 Å². The number of fused-ring (bicyclic) bond motifs is 1. The number of benzene rings is 2. The SMILES string of the molecule is COC(=O)c1ccc2c(C3CCCCC3)c(-c3ccc(Cl)cc3N)n(CCC(=O)O)c2c1. The summed E-state index contributed by atoms with van der Waals surface area (Å²) in [5.74, 6) is -0.971. The largest absolute Gasteiger partial charge is 0.481 e. The van der Waals surface area contributed by atoms with Crippen LogP contribution in [0.3, 0.4) is 0 Å². The highest BCUT2D eigenvalue weighted by Gasteiger charge is 2.28. The quantitative estimate of drug-likeness (QED) is 0.359. The third kappa shape index (κ3) is 4.19. The van der Waals surface area contributed by atoms with Gasteiger partial charge >= 0.3 is 11.9 Å². The fourth-order valence-electron chi connectivity index (χ4n) is 4.90. The second-order valence-corrected chi connectivity index (χ2v) is 8.78. The van der Waals surface area contributed by atoms with Crippen LogP contribution in [0.15, 0.2) is 36.4 Å². The Morgan fingerprint density at radius 1 is 1.16 bits per heavy atom. The minimum atomic E-state index is -0.884. The van der Waals surface area contributed by atoms with Crippen LogP contribution in [0.25, 0.3) is 22.2 Å². The molecule has 0 atom stereocenters. The molecule has 0 amide bonds. The zero-order valence-electron chi connectivity index (χ0n) is 18.1. The fraction of sp³-hybridized carbons (Fsp3) is 0.360. The molecule has 3 N–H and O–H groups in total. The number of aromatic nitrogens is 1. The molecule has 4 rings (SSSR count). The van der Waals surface area contributed by atoms with E-state index in [4.69, 9.17) is 22.1 Å². The molecular weight excluding hydrogens is 428 g/mol. The summed E-state index contributed by atoms with van der Waals surface area (Å²) in [6, 6.07) is 11.0. The number of nitrogen functional groups attached to an aromatic ring is 1. The normalized spacial score (nSPS) is 14.6. The van der Waals surface area contributed by atoms with Crippen molar-refractivity contribution in [1.29, 1.82) is 0 Å². The van der Waals surface area contributed by atoms with Gasteiger partial charge in [0.15, 0.2) is 0 Å². The van der Waals surface area contributed by atoms with Crippen molar-refractivity contribution in [3.63, 3.8) is 0 Å². The molecule has 2 aromatic carbocycles. The number of hydrogen-bond donors (Lipinski definition) is 2. The van der Waals surface area contributed by atoms with Crippen molar-refractivity contribution in [1.82, 2.24) is 4.57 Å². The molecule has 1 aliphatic carbocycles. The molecule has 1 fully saturated rings. The molecule has 1 aliphatic rings. The van der Waals surface area contributed by atoms with Gasteiger partial charge in [0, 0.05) is 33.7 Å². The Balaban J connectivity index is 2.04. The van der Waals surface area contributed by atoms with Crippen LogP contribution in [-0.2, 0) is 16.1 Å². The van der Waals surface area contributed by atoms with Crippen LogP contribution in [-0.4, -0.2) is 28.7 Å². The summed E-state index contributed by atoms with van der Waals surface area (Å²) in [5, 5.41) is 11.0. The van der Waals surface area contributed by atoms with Gasteiger partial charge < -0.3 is 20.1 Å². The minimum absolute atomic E-state index is 0.0448. The summed E-state index contributed by atoms with van der Waals surface area (Å²) in [6.07, 6.45) is 5.62. The van der Waals surface area contributed by atoms with Crippen molar-refractivity contribution in [3.8, 4) is 11.3 Å². The van der Waals surface area contributed by atoms with Crippen LogP contribution in [0.4, 0.5) is 5.69 Å². The molecule has 1 saturated carbocycles. The summed E-state index contributed by atoms with van der Waals surface area (Å²) in [5.41, 5.74) is 11.1. The number of aliphatic carboxylic acids is 1. The first kappa shape index (κ1) is 22.2. The van der Waals surface area contributed by atoms with Crippen LogP contribution in [0.5, 0.6) is 0 Å². The molecule has 168 valence electrons. The first-order valence-corrected chi connectivity index (χ1v) is 11.3. The van der Waals surface area contributed by atoms with Gasteiger partial charge in [-0.1, -0.05) is 36.9 Å². The van der Waals surface area contributed by atoms with Crippen LogP contribution in [0, 0.1) is 0 Å². The zero-order valence-corrected chi connectivity index (χ0v) is 18.8. The molecule has 7 heteroatoms. The third-order valence-electron chi connectivity index (χ3n) is 6.36. The highest BCUT2D eigenvalue weighted by Crippen LogP contribution is 2.45. The van der Waals surface area contributed by atoms with E-state index in [1.807, 2.05) is 16.7 Å². The number of esters is 1. The summed E-state index contributed by atoms with van der Waals surface area (Å²) >= 11 is 6.17. The number of carboxylic acids is 1. The van der Waals surface area contributed by atoms with Gasteiger partial charge in [-0.3, -0.25) is 4.79 Å². The van der Waals surface area contributed by atoms with Crippen LogP contribution >= 0.6 is 11.6 Å². The number of carboxylic acid groups (broad SMARTS) is 1. The highest BCUT2D eigenvalue weighted by atomic mass is 35.5. The smallest absolute Gasteiger partial charge is 0.337 e. The van der Waals surface area contributed by atoms with E-state index in [9.17, 15) is 14.7 Å². The van der Waals surface area contributed by atoms with Crippen LogP contribution < -0.4 is 5.73 Å². The summed E-state index contributed by atoms with van der Waals surface area (Å²) in [7, 11) is 1.35. The predicted molar refractivity (Wildman–Crippen MR) is 126 cm³/mol. The average molecular weight is 455 g/mol. The lowest BCUT2D eigenvalue weighted by molar-refractivity contribution is -0.137. The topological polar surface area (TPSA) is 94.5 Å². The maximum atomic E-state index is 12.2. The number of ether oxygens (including phenoxy) is 1. The minimum Gasteiger partial charge on any atom is -0.481 e. The number of carbonyl (C=O) groups is 2. The van der Waals surface area contributed by atoms with Gasteiger partial charge in [0.1, 0.15) is 0 Å². The van der Waals surface area contributed by atoms with E-state index in [0.29, 0.717) is 22.2 Å². The molecule has 0 radical (unpaired) electrons. The number of carbonyl (C=O) groups excluding carboxylic acids is 1. The molecule has 6 nitrogen and oxygen atoms in total. The van der Waals surface area contributed by atoms with Crippen molar-refractivity contribution in [2.24, 2.45) is 0 Å². The Labute approximate surface area is 191 Å². The zero-order chi connectivity index (χ0) is 22.8. The Morgan fingerprint density at radius 3 is 2.56 bits per heavy atom. The first-order chi connectivity index (χ1) is 15.4. The van der Waals surface area contributed by atoms with Crippen LogP contribution in [0.2, 0.25) is 5.02 Å². The molecule has 32 heavy (non-hydrogen) atoms. The number of rotatable bonds is 6. The Bertz CT molecular complexity index is 1180. The number of methoxy groups -OCH3 is 1. The second-order valence-electron chi connectivity index (χ2n) is 8.35. The highest BCUT2D eigenvalue weighted by molar-refractivity contribution is 6.31. The molecule has 3 aromatic rings. The lowest BCUT2D eigenvalue weighted by Gasteiger charge is -2.24. The molecule has 1 heterocycles. The van der Waals surface area contributed by atoms with Gasteiger partial charge in [-0.15, -0.1) is 0 Å². The average Bonchev–Trinajstić information content (AvgIpc) is 3.10. The Kier molecular flexibility index (Phi) is 6.42. The van der Waals surface area contributed by atoms with Crippen molar-refractivity contribution in [2.75, 3.05) is 12.8 Å². The standard InChI is InChI=1S/C25H27ClN2O4/c1-32-25(31)16-7-9-19-21(13-16)28(12-11-22(29)30)24(18-10-8-17(26)14-20(18)27)23(19)15-5-3-2-4-6-15/h7-10,13-15H,2-6,11-12,27H2,1H3,(H,29,30). The fourth-order valence-corrected chi connectivity index (χ4v) is 5.09. The molecular formula is C25H27ClN2O4. The van der Waals surface area contributed by atoms with E-state index in [1.54, 1.807) is 24.3 Å². The van der Waals surface area contributed by atoms with Gasteiger partial charge in [-0.25, -0.2) is 4.79 Å². The van der Waals surface area contributed by atoms with E-state index in [1.165, 1.54) is 19.1 Å². The Morgan fingerprint density at radius 2 is 1.91 bits per heavy atom. The first-order valence-electron chi connectivity index (χ1n) is 10.9. The number of anilines is 1. The number of nitrogens with two attached hydrogens (primary N) is 1. The van der Waals surface area contributed by atoms with Gasteiger partial charge in [0.25, 0.3) is 0 Å². The van der Waals surface area contributed by atoms with E-state index in [0.717, 1.165) is 47.8 Å². The third-order valence-corrected chi connectivity index (χ3v) is 6.59. The van der Waals surface area contributed by atoms with E-state index in [-0.39, 0.29) is 13.0 Å². The number of halogens is 1. The van der Waals surface area contributed by atoms with E-state index < -0.39 is 11.9 Å². The molecule has 0 unspecified atom stereocenters.